The van der Waals surface area contributed by atoms with Crippen molar-refractivity contribution >= 4 is 15.9 Å². The fourth-order valence-corrected chi connectivity index (χ4v) is 1.38. The van der Waals surface area contributed by atoms with Crippen LogP contribution in [0.3, 0.4) is 0 Å². The molecule has 0 bridgehead atoms. The molecule has 0 N–H and O–H groups in total. The fraction of sp³-hybridized carbons (Fsp3) is 0.125. The van der Waals surface area contributed by atoms with E-state index >= 15 is 0 Å². The van der Waals surface area contributed by atoms with Crippen molar-refractivity contribution in [2.24, 2.45) is 7.05 Å². The third kappa shape index (κ3) is 1.60. The molecule has 13 heavy (non-hydrogen) atoms. The van der Waals surface area contributed by atoms with E-state index in [1.54, 1.807) is 6.20 Å². The summed E-state index contributed by atoms with van der Waals surface area (Å²) in [5.74, 6) is 0.836. The average molecular weight is 239 g/mol. The lowest BCUT2D eigenvalue weighted by atomic mass is 10.4. The molecule has 0 aromatic carbocycles. The number of halogens is 1. The molecule has 2 aromatic rings. The molecule has 0 atom stereocenters. The molecule has 0 fully saturated rings. The molecule has 2 rings (SSSR count). The Morgan fingerprint density at radius 3 is 2.77 bits per heavy atom. The van der Waals surface area contributed by atoms with Gasteiger partial charge < -0.3 is 4.57 Å². The summed E-state index contributed by atoms with van der Waals surface area (Å²) in [7, 11) is 1.93. The quantitative estimate of drug-likeness (QED) is 0.710. The third-order valence-corrected chi connectivity index (χ3v) is 2.12. The number of aromatic nitrogens is 4. The third-order valence-electron chi connectivity index (χ3n) is 1.68. The van der Waals surface area contributed by atoms with Gasteiger partial charge in [-0.1, -0.05) is 0 Å². The van der Waals surface area contributed by atoms with Crippen molar-refractivity contribution in [3.05, 3.63) is 29.4 Å². The first-order valence-corrected chi connectivity index (χ1v) is 4.52. The van der Waals surface area contributed by atoms with Crippen LogP contribution in [0.2, 0.25) is 0 Å². The Morgan fingerprint density at radius 2 is 2.15 bits per heavy atom. The second kappa shape index (κ2) is 3.26. The molecule has 2 heterocycles. The van der Waals surface area contributed by atoms with E-state index in [0.29, 0.717) is 0 Å². The largest absolute Gasteiger partial charge is 0.333 e. The van der Waals surface area contributed by atoms with Gasteiger partial charge in [-0.25, -0.2) is 15.0 Å². The molecular formula is C8H7BrN4. The second-order valence-electron chi connectivity index (χ2n) is 2.59. The first-order valence-electron chi connectivity index (χ1n) is 3.72. The summed E-state index contributed by atoms with van der Waals surface area (Å²) in [6.07, 6.45) is 5.13. The lowest BCUT2D eigenvalue weighted by molar-refractivity contribution is 0.914. The van der Waals surface area contributed by atoms with E-state index in [1.807, 2.05) is 23.9 Å². The van der Waals surface area contributed by atoms with Crippen molar-refractivity contribution < 1.29 is 0 Å². The summed E-state index contributed by atoms with van der Waals surface area (Å²) < 4.78 is 2.68. The van der Waals surface area contributed by atoms with Crippen LogP contribution >= 0.6 is 15.9 Å². The monoisotopic (exact) mass is 238 g/mol. The standard InChI is InChI=1S/C8H7BrN4/c1-13-3-2-10-8(13)6-4-7(9)12-5-11-6/h2-5H,1H3. The SMILES string of the molecule is Cn1ccnc1-c1cc(Br)ncn1. The van der Waals surface area contributed by atoms with Crippen molar-refractivity contribution in [3.8, 4) is 11.5 Å². The summed E-state index contributed by atoms with van der Waals surface area (Å²) in [5.41, 5.74) is 0.814. The van der Waals surface area contributed by atoms with E-state index < -0.39 is 0 Å². The smallest absolute Gasteiger partial charge is 0.158 e. The first kappa shape index (κ1) is 8.37. The maximum absolute atomic E-state index is 4.18. The van der Waals surface area contributed by atoms with Crippen LogP contribution in [-0.2, 0) is 7.05 Å². The Morgan fingerprint density at radius 1 is 1.31 bits per heavy atom. The molecule has 0 saturated heterocycles. The summed E-state index contributed by atoms with van der Waals surface area (Å²) in [5, 5.41) is 0. The molecule has 0 aliphatic heterocycles. The van der Waals surface area contributed by atoms with E-state index in [4.69, 9.17) is 0 Å². The van der Waals surface area contributed by atoms with Crippen molar-refractivity contribution in [2.75, 3.05) is 0 Å². The van der Waals surface area contributed by atoms with Gasteiger partial charge in [0.2, 0.25) is 0 Å². The molecule has 66 valence electrons. The highest BCUT2D eigenvalue weighted by Gasteiger charge is 2.04. The van der Waals surface area contributed by atoms with Crippen LogP contribution in [0, 0.1) is 0 Å². The van der Waals surface area contributed by atoms with E-state index in [2.05, 4.69) is 30.9 Å². The van der Waals surface area contributed by atoms with E-state index in [0.717, 1.165) is 16.1 Å². The number of hydrogen-bond donors (Lipinski definition) is 0. The minimum Gasteiger partial charge on any atom is -0.333 e. The number of aryl methyl sites for hydroxylation is 1. The van der Waals surface area contributed by atoms with Gasteiger partial charge in [-0.05, 0) is 15.9 Å². The van der Waals surface area contributed by atoms with Gasteiger partial charge in [-0.3, -0.25) is 0 Å². The van der Waals surface area contributed by atoms with Gasteiger partial charge in [0.1, 0.15) is 16.6 Å². The van der Waals surface area contributed by atoms with Crippen LogP contribution in [-0.4, -0.2) is 19.5 Å². The number of hydrogen-bond acceptors (Lipinski definition) is 3. The zero-order valence-electron chi connectivity index (χ0n) is 6.98. The van der Waals surface area contributed by atoms with Crippen molar-refractivity contribution in [2.45, 2.75) is 0 Å². The van der Waals surface area contributed by atoms with Gasteiger partial charge in [-0.2, -0.15) is 0 Å². The van der Waals surface area contributed by atoms with Crippen molar-refractivity contribution in [1.82, 2.24) is 19.5 Å². The summed E-state index contributed by atoms with van der Waals surface area (Å²) >= 11 is 3.28. The van der Waals surface area contributed by atoms with Crippen LogP contribution in [0.15, 0.2) is 29.4 Å². The van der Waals surface area contributed by atoms with Crippen LogP contribution in [0.1, 0.15) is 0 Å². The maximum Gasteiger partial charge on any atom is 0.158 e. The minimum atomic E-state index is 0.764. The number of rotatable bonds is 1. The Hall–Kier alpha value is -1.23. The zero-order valence-corrected chi connectivity index (χ0v) is 8.56. The molecule has 0 aliphatic carbocycles. The topological polar surface area (TPSA) is 43.6 Å². The molecule has 5 heteroatoms. The predicted molar refractivity (Wildman–Crippen MR) is 51.9 cm³/mol. The summed E-state index contributed by atoms with van der Waals surface area (Å²) in [4.78, 5) is 12.2. The Labute approximate surface area is 83.8 Å². The predicted octanol–water partition coefficient (Wildman–Crippen LogP) is 1.64. The van der Waals surface area contributed by atoms with Crippen molar-refractivity contribution in [3.63, 3.8) is 0 Å². The highest BCUT2D eigenvalue weighted by Crippen LogP contribution is 2.15. The van der Waals surface area contributed by atoms with Crippen LogP contribution < -0.4 is 0 Å². The van der Waals surface area contributed by atoms with Gasteiger partial charge in [0, 0.05) is 25.5 Å². The second-order valence-corrected chi connectivity index (χ2v) is 3.40. The maximum atomic E-state index is 4.18. The lowest BCUT2D eigenvalue weighted by Crippen LogP contribution is -1.94. The molecule has 0 aliphatic rings. The molecule has 0 unspecified atom stereocenters. The molecule has 2 aromatic heterocycles. The summed E-state index contributed by atoms with van der Waals surface area (Å²) in [6, 6.07) is 1.84. The van der Waals surface area contributed by atoms with E-state index in [-0.39, 0.29) is 0 Å². The Kier molecular flexibility index (Phi) is 2.10. The van der Waals surface area contributed by atoms with Crippen LogP contribution in [0.25, 0.3) is 11.5 Å². The van der Waals surface area contributed by atoms with Crippen LogP contribution in [0.5, 0.6) is 0 Å². The lowest BCUT2D eigenvalue weighted by Gasteiger charge is -1.99. The average Bonchev–Trinajstić information content (AvgIpc) is 2.51. The number of imidazole rings is 1. The molecule has 0 saturated carbocycles. The minimum absolute atomic E-state index is 0.764. The van der Waals surface area contributed by atoms with Gasteiger partial charge in [-0.15, -0.1) is 0 Å². The molecular weight excluding hydrogens is 232 g/mol. The first-order chi connectivity index (χ1) is 6.27. The van der Waals surface area contributed by atoms with Crippen LogP contribution in [0.4, 0.5) is 0 Å². The zero-order chi connectivity index (χ0) is 9.26. The van der Waals surface area contributed by atoms with Gasteiger partial charge in [0.25, 0.3) is 0 Å². The molecule has 0 amide bonds. The molecule has 4 nitrogen and oxygen atoms in total. The van der Waals surface area contributed by atoms with E-state index in [1.165, 1.54) is 6.33 Å². The summed E-state index contributed by atoms with van der Waals surface area (Å²) in [6.45, 7) is 0. The Bertz CT molecular complexity index is 424. The van der Waals surface area contributed by atoms with Gasteiger partial charge in [0.15, 0.2) is 5.82 Å². The highest BCUT2D eigenvalue weighted by atomic mass is 79.9. The highest BCUT2D eigenvalue weighted by molar-refractivity contribution is 9.10. The van der Waals surface area contributed by atoms with Gasteiger partial charge in [0.05, 0.1) is 0 Å². The normalized spacial score (nSPS) is 10.3. The molecule has 0 spiro atoms. The van der Waals surface area contributed by atoms with Gasteiger partial charge >= 0.3 is 0 Å². The van der Waals surface area contributed by atoms with E-state index in [9.17, 15) is 0 Å². The number of nitrogens with zero attached hydrogens (tertiary/aromatic N) is 4. The Balaban J connectivity index is 2.53. The fourth-order valence-electron chi connectivity index (χ4n) is 1.07. The van der Waals surface area contributed by atoms with Crippen molar-refractivity contribution in [1.29, 1.82) is 0 Å². The molecule has 0 radical (unpaired) electrons.